The lowest BCUT2D eigenvalue weighted by molar-refractivity contribution is -0.120. The first-order valence-electron chi connectivity index (χ1n) is 8.68. The van der Waals surface area contributed by atoms with Crippen LogP contribution in [-0.4, -0.2) is 52.3 Å². The summed E-state index contributed by atoms with van der Waals surface area (Å²) in [6, 6.07) is 2.08. The summed E-state index contributed by atoms with van der Waals surface area (Å²) in [4.78, 5) is 25.7. The van der Waals surface area contributed by atoms with Crippen LogP contribution in [0.2, 0.25) is 0 Å². The van der Waals surface area contributed by atoms with Crippen molar-refractivity contribution in [2.75, 3.05) is 41.3 Å². The van der Waals surface area contributed by atoms with Gasteiger partial charge in [0.25, 0.3) is 0 Å². The van der Waals surface area contributed by atoms with E-state index in [0.717, 1.165) is 50.7 Å². The van der Waals surface area contributed by atoms with Crippen LogP contribution in [0.25, 0.3) is 0 Å². The van der Waals surface area contributed by atoms with Crippen LogP contribution >= 0.6 is 11.3 Å². The van der Waals surface area contributed by atoms with Gasteiger partial charge in [0.15, 0.2) is 0 Å². The fourth-order valence-corrected chi connectivity index (χ4v) is 3.88. The van der Waals surface area contributed by atoms with Crippen molar-refractivity contribution in [2.24, 2.45) is 5.92 Å². The molecule has 2 aliphatic rings. The summed E-state index contributed by atoms with van der Waals surface area (Å²) < 4.78 is 0. The average Bonchev–Trinajstić information content (AvgIpc) is 3.36. The minimum absolute atomic E-state index is 0.0139. The Balaban J connectivity index is 1.35. The van der Waals surface area contributed by atoms with Crippen LogP contribution in [0.15, 0.2) is 17.9 Å². The summed E-state index contributed by atoms with van der Waals surface area (Å²) in [5.74, 6) is 2.02. The lowest BCUT2D eigenvalue weighted by atomic mass is 9.96. The Labute approximate surface area is 150 Å². The molecule has 4 rings (SSSR count). The van der Waals surface area contributed by atoms with Gasteiger partial charge in [0.2, 0.25) is 11.0 Å². The van der Waals surface area contributed by atoms with E-state index in [4.69, 9.17) is 0 Å². The van der Waals surface area contributed by atoms with Gasteiger partial charge in [0.05, 0.1) is 0 Å². The molecule has 2 aromatic heterocycles. The van der Waals surface area contributed by atoms with Gasteiger partial charge in [-0.1, -0.05) is 11.3 Å². The summed E-state index contributed by atoms with van der Waals surface area (Å²) in [5.41, 5.74) is 1.62. The Morgan fingerprint density at radius 2 is 1.76 bits per heavy atom. The van der Waals surface area contributed by atoms with E-state index in [-0.39, 0.29) is 11.8 Å². The zero-order chi connectivity index (χ0) is 17.1. The molecule has 2 aliphatic heterocycles. The van der Waals surface area contributed by atoms with Gasteiger partial charge in [-0.2, -0.15) is 0 Å². The number of piperidine rings is 1. The van der Waals surface area contributed by atoms with Crippen molar-refractivity contribution in [1.82, 2.24) is 20.2 Å². The van der Waals surface area contributed by atoms with Gasteiger partial charge in [-0.25, -0.2) is 9.97 Å². The number of carbonyl (C=O) groups is 1. The number of amides is 1. The van der Waals surface area contributed by atoms with Crippen LogP contribution in [0.1, 0.15) is 25.7 Å². The largest absolute Gasteiger partial charge is 0.356 e. The van der Waals surface area contributed by atoms with Crippen molar-refractivity contribution < 1.29 is 4.79 Å². The van der Waals surface area contributed by atoms with Gasteiger partial charge in [0.1, 0.15) is 23.5 Å². The zero-order valence-electron chi connectivity index (χ0n) is 14.0. The highest BCUT2D eigenvalue weighted by Crippen LogP contribution is 2.26. The summed E-state index contributed by atoms with van der Waals surface area (Å²) in [7, 11) is 0. The van der Waals surface area contributed by atoms with Gasteiger partial charge in [0, 0.05) is 38.2 Å². The van der Waals surface area contributed by atoms with Gasteiger partial charge in [-0.05, 0) is 25.7 Å². The van der Waals surface area contributed by atoms with Crippen molar-refractivity contribution in [2.45, 2.75) is 25.7 Å². The molecule has 1 amide bonds. The highest BCUT2D eigenvalue weighted by Gasteiger charge is 2.26. The SMILES string of the molecule is O=C(Nc1nncs1)C1CCN(c2cc(N3CCCC3)ncn2)CC1. The highest BCUT2D eigenvalue weighted by molar-refractivity contribution is 7.13. The molecular weight excluding hydrogens is 338 g/mol. The lowest BCUT2D eigenvalue weighted by Crippen LogP contribution is -2.38. The first-order chi connectivity index (χ1) is 12.3. The highest BCUT2D eigenvalue weighted by atomic mass is 32.1. The van der Waals surface area contributed by atoms with Crippen molar-refractivity contribution in [3.8, 4) is 0 Å². The quantitative estimate of drug-likeness (QED) is 0.890. The average molecular weight is 359 g/mol. The van der Waals surface area contributed by atoms with Crippen LogP contribution in [0, 0.1) is 5.92 Å². The molecule has 8 nitrogen and oxygen atoms in total. The molecule has 9 heteroatoms. The van der Waals surface area contributed by atoms with Gasteiger partial charge >= 0.3 is 0 Å². The first-order valence-corrected chi connectivity index (χ1v) is 9.56. The van der Waals surface area contributed by atoms with E-state index in [9.17, 15) is 4.79 Å². The van der Waals surface area contributed by atoms with Crippen LogP contribution in [0.5, 0.6) is 0 Å². The molecule has 1 N–H and O–H groups in total. The van der Waals surface area contributed by atoms with E-state index in [1.807, 2.05) is 0 Å². The number of hydrogen-bond acceptors (Lipinski definition) is 8. The number of aromatic nitrogens is 4. The summed E-state index contributed by atoms with van der Waals surface area (Å²) >= 11 is 1.34. The fourth-order valence-electron chi connectivity index (χ4n) is 3.44. The Morgan fingerprint density at radius 1 is 1.08 bits per heavy atom. The number of carbonyl (C=O) groups excluding carboxylic acids is 1. The third-order valence-electron chi connectivity index (χ3n) is 4.85. The van der Waals surface area contributed by atoms with Crippen LogP contribution in [-0.2, 0) is 4.79 Å². The molecule has 2 fully saturated rings. The molecule has 25 heavy (non-hydrogen) atoms. The zero-order valence-corrected chi connectivity index (χ0v) is 14.8. The van der Waals surface area contributed by atoms with Crippen molar-refractivity contribution in [1.29, 1.82) is 0 Å². The normalized spacial score (nSPS) is 18.6. The molecule has 132 valence electrons. The van der Waals surface area contributed by atoms with Gasteiger partial charge in [-0.15, -0.1) is 10.2 Å². The summed E-state index contributed by atoms with van der Waals surface area (Å²) in [6.07, 6.45) is 5.74. The fraction of sp³-hybridized carbons (Fsp3) is 0.562. The molecule has 0 aromatic carbocycles. The maximum absolute atomic E-state index is 12.3. The Bertz CT molecular complexity index is 709. The summed E-state index contributed by atoms with van der Waals surface area (Å²) in [5, 5.41) is 11.0. The van der Waals surface area contributed by atoms with E-state index >= 15 is 0 Å². The second kappa shape index (κ2) is 7.30. The van der Waals surface area contributed by atoms with Crippen molar-refractivity contribution >= 4 is 34.0 Å². The predicted octanol–water partition coefficient (Wildman–Crippen LogP) is 1.78. The summed E-state index contributed by atoms with van der Waals surface area (Å²) in [6.45, 7) is 3.80. The van der Waals surface area contributed by atoms with Crippen molar-refractivity contribution in [3.63, 3.8) is 0 Å². The molecular formula is C16H21N7OS. The minimum atomic E-state index is 0.0139. The van der Waals surface area contributed by atoms with E-state index in [1.165, 1.54) is 24.2 Å². The van der Waals surface area contributed by atoms with Crippen LogP contribution < -0.4 is 15.1 Å². The van der Waals surface area contributed by atoms with Crippen LogP contribution in [0.4, 0.5) is 16.8 Å². The molecule has 0 atom stereocenters. The Kier molecular flexibility index (Phi) is 4.73. The standard InChI is InChI=1S/C16H21N7OS/c24-15(20-16-21-19-11-25-16)12-3-7-23(8-4-12)14-9-13(17-10-18-14)22-5-1-2-6-22/h9-12H,1-8H2,(H,20,21,24). The number of nitrogens with one attached hydrogen (secondary N) is 1. The maximum Gasteiger partial charge on any atom is 0.229 e. The molecule has 0 spiro atoms. The Hall–Kier alpha value is -2.29. The van der Waals surface area contributed by atoms with E-state index < -0.39 is 0 Å². The minimum Gasteiger partial charge on any atom is -0.356 e. The monoisotopic (exact) mass is 359 g/mol. The molecule has 2 saturated heterocycles. The van der Waals surface area contributed by atoms with E-state index in [1.54, 1.807) is 11.8 Å². The predicted molar refractivity (Wildman–Crippen MR) is 97.0 cm³/mol. The molecule has 0 aliphatic carbocycles. The molecule has 0 radical (unpaired) electrons. The van der Waals surface area contributed by atoms with Crippen molar-refractivity contribution in [3.05, 3.63) is 17.9 Å². The third-order valence-corrected chi connectivity index (χ3v) is 5.45. The second-order valence-corrected chi connectivity index (χ2v) is 7.26. The smallest absolute Gasteiger partial charge is 0.229 e. The van der Waals surface area contributed by atoms with Crippen LogP contribution in [0.3, 0.4) is 0 Å². The molecule has 0 bridgehead atoms. The number of anilines is 3. The van der Waals surface area contributed by atoms with Gasteiger partial charge in [-0.3, -0.25) is 4.79 Å². The third kappa shape index (κ3) is 3.71. The van der Waals surface area contributed by atoms with E-state index in [2.05, 4.69) is 41.3 Å². The molecule has 0 saturated carbocycles. The maximum atomic E-state index is 12.3. The number of hydrogen-bond donors (Lipinski definition) is 1. The van der Waals surface area contributed by atoms with E-state index in [0.29, 0.717) is 5.13 Å². The van der Waals surface area contributed by atoms with Gasteiger partial charge < -0.3 is 15.1 Å². The second-order valence-electron chi connectivity index (χ2n) is 6.42. The number of nitrogens with zero attached hydrogens (tertiary/aromatic N) is 6. The topological polar surface area (TPSA) is 87.1 Å². The molecule has 2 aromatic rings. The lowest BCUT2D eigenvalue weighted by Gasteiger charge is -2.32. The first kappa shape index (κ1) is 16.2. The molecule has 0 unspecified atom stereocenters. The molecule has 4 heterocycles. The number of rotatable bonds is 4. The Morgan fingerprint density at radius 3 is 2.40 bits per heavy atom.